The lowest BCUT2D eigenvalue weighted by molar-refractivity contribution is 0.0546. The number of piperidine rings is 1. The first kappa shape index (κ1) is 24.2. The molecule has 0 spiro atoms. The normalized spacial score (nSPS) is 15.1. The molecule has 0 radical (unpaired) electrons. The van der Waals surface area contributed by atoms with Gasteiger partial charge in [0.25, 0.3) is 5.91 Å². The molecule has 4 rings (SSSR count). The summed E-state index contributed by atoms with van der Waals surface area (Å²) in [5, 5.41) is 3.98. The van der Waals surface area contributed by atoms with Gasteiger partial charge in [0, 0.05) is 42.9 Å². The zero-order valence-corrected chi connectivity index (χ0v) is 21.0. The van der Waals surface area contributed by atoms with Crippen LogP contribution in [0.2, 0.25) is 0 Å². The number of carbonyl (C=O) groups is 1. The molecule has 5 nitrogen and oxygen atoms in total. The fourth-order valence-electron chi connectivity index (χ4n) is 4.59. The number of carbonyl (C=O) groups excluding carboxylic acids is 1. The lowest BCUT2D eigenvalue weighted by Crippen LogP contribution is -2.47. The van der Waals surface area contributed by atoms with Crippen LogP contribution in [0, 0.1) is 19.8 Å². The van der Waals surface area contributed by atoms with E-state index in [1.54, 1.807) is 0 Å². The van der Waals surface area contributed by atoms with E-state index in [0.717, 1.165) is 66.5 Å². The number of benzene rings is 2. The van der Waals surface area contributed by atoms with Gasteiger partial charge in [0.2, 0.25) is 0 Å². The highest BCUT2D eigenvalue weighted by molar-refractivity contribution is 5.94. The molecule has 0 atom stereocenters. The molecule has 1 aliphatic rings. The third-order valence-electron chi connectivity index (χ3n) is 6.80. The van der Waals surface area contributed by atoms with Gasteiger partial charge in [0.15, 0.2) is 5.76 Å². The van der Waals surface area contributed by atoms with Crippen LogP contribution in [0.5, 0.6) is 0 Å². The largest absolute Gasteiger partial charge is 0.356 e. The molecule has 1 aliphatic heterocycles. The van der Waals surface area contributed by atoms with Crippen molar-refractivity contribution in [1.29, 1.82) is 0 Å². The fourth-order valence-corrected chi connectivity index (χ4v) is 4.59. The highest BCUT2D eigenvalue weighted by Gasteiger charge is 2.28. The van der Waals surface area contributed by atoms with Gasteiger partial charge in [-0.1, -0.05) is 61.0 Å². The van der Waals surface area contributed by atoms with Gasteiger partial charge in [-0.25, -0.2) is 0 Å². The van der Waals surface area contributed by atoms with Crippen LogP contribution in [0.1, 0.15) is 60.3 Å². The van der Waals surface area contributed by atoms with Crippen LogP contribution >= 0.6 is 0 Å². The first-order chi connectivity index (χ1) is 16.4. The first-order valence-corrected chi connectivity index (χ1v) is 12.5. The molecule has 0 saturated carbocycles. The third-order valence-corrected chi connectivity index (χ3v) is 6.80. The summed E-state index contributed by atoms with van der Waals surface area (Å²) in [7, 11) is 0. The summed E-state index contributed by atoms with van der Waals surface area (Å²) < 4.78 is 5.40. The van der Waals surface area contributed by atoms with Crippen molar-refractivity contribution in [2.24, 2.45) is 5.92 Å². The number of likely N-dealkylation sites (tertiary alicyclic amines) is 1. The SMILES string of the molecule is Cc1ccc(C(=O)N(Cc2ccc(-c3cc(C)no3)cc2)C2CCN(CCC(C)C)CC2)cc1. The number of amides is 1. The van der Waals surface area contributed by atoms with Crippen molar-refractivity contribution in [3.05, 3.63) is 77.0 Å². The van der Waals surface area contributed by atoms with E-state index in [4.69, 9.17) is 4.52 Å². The number of aromatic nitrogens is 1. The summed E-state index contributed by atoms with van der Waals surface area (Å²) in [6.07, 6.45) is 3.27. The van der Waals surface area contributed by atoms with E-state index >= 15 is 0 Å². The molecular formula is C29H37N3O2. The molecule has 34 heavy (non-hydrogen) atoms. The molecule has 0 bridgehead atoms. The van der Waals surface area contributed by atoms with E-state index in [2.05, 4.69) is 60.0 Å². The molecule has 0 aliphatic carbocycles. The summed E-state index contributed by atoms with van der Waals surface area (Å²) in [5.74, 6) is 1.61. The molecule has 1 aromatic heterocycles. The Morgan fingerprint density at radius 2 is 1.74 bits per heavy atom. The Morgan fingerprint density at radius 3 is 2.32 bits per heavy atom. The average molecular weight is 460 g/mol. The minimum absolute atomic E-state index is 0.121. The van der Waals surface area contributed by atoms with Crippen molar-refractivity contribution in [2.45, 2.75) is 59.5 Å². The average Bonchev–Trinajstić information content (AvgIpc) is 3.28. The smallest absolute Gasteiger partial charge is 0.254 e. The van der Waals surface area contributed by atoms with Gasteiger partial charge < -0.3 is 14.3 Å². The van der Waals surface area contributed by atoms with Gasteiger partial charge in [-0.2, -0.15) is 0 Å². The molecule has 1 amide bonds. The van der Waals surface area contributed by atoms with E-state index in [0.29, 0.717) is 6.54 Å². The second kappa shape index (κ2) is 11.0. The number of rotatable bonds is 8. The predicted molar refractivity (Wildman–Crippen MR) is 137 cm³/mol. The number of nitrogens with zero attached hydrogens (tertiary/aromatic N) is 3. The molecule has 1 fully saturated rings. The van der Waals surface area contributed by atoms with E-state index < -0.39 is 0 Å². The minimum atomic E-state index is 0.121. The van der Waals surface area contributed by atoms with Gasteiger partial charge >= 0.3 is 0 Å². The van der Waals surface area contributed by atoms with Crippen LogP contribution in [-0.4, -0.2) is 46.5 Å². The van der Waals surface area contributed by atoms with Crippen LogP contribution in [0.4, 0.5) is 0 Å². The zero-order valence-electron chi connectivity index (χ0n) is 21.0. The van der Waals surface area contributed by atoms with E-state index in [1.807, 2.05) is 37.3 Å². The lowest BCUT2D eigenvalue weighted by atomic mass is 9.99. The molecule has 1 saturated heterocycles. The lowest BCUT2D eigenvalue weighted by Gasteiger charge is -2.39. The van der Waals surface area contributed by atoms with Gasteiger partial charge in [0.05, 0.1) is 5.69 Å². The van der Waals surface area contributed by atoms with Gasteiger partial charge in [-0.15, -0.1) is 0 Å². The second-order valence-corrected chi connectivity index (χ2v) is 10.1. The van der Waals surface area contributed by atoms with Crippen molar-refractivity contribution in [3.8, 4) is 11.3 Å². The molecule has 0 unspecified atom stereocenters. The highest BCUT2D eigenvalue weighted by Crippen LogP contribution is 2.25. The predicted octanol–water partition coefficient (Wildman–Crippen LogP) is 6.11. The first-order valence-electron chi connectivity index (χ1n) is 12.5. The Morgan fingerprint density at radius 1 is 1.06 bits per heavy atom. The number of hydrogen-bond acceptors (Lipinski definition) is 4. The monoisotopic (exact) mass is 459 g/mol. The van der Waals surface area contributed by atoms with Crippen LogP contribution < -0.4 is 0 Å². The van der Waals surface area contributed by atoms with Crippen molar-refractivity contribution in [3.63, 3.8) is 0 Å². The van der Waals surface area contributed by atoms with Gasteiger partial charge in [-0.3, -0.25) is 4.79 Å². The summed E-state index contributed by atoms with van der Waals surface area (Å²) >= 11 is 0. The maximum absolute atomic E-state index is 13.6. The van der Waals surface area contributed by atoms with Crippen LogP contribution in [0.15, 0.2) is 59.1 Å². The van der Waals surface area contributed by atoms with Crippen molar-refractivity contribution in [1.82, 2.24) is 15.0 Å². The molecule has 2 heterocycles. The molecule has 3 aromatic rings. The Hall–Kier alpha value is -2.92. The van der Waals surface area contributed by atoms with Crippen LogP contribution in [-0.2, 0) is 6.54 Å². The Kier molecular flexibility index (Phi) is 7.84. The third kappa shape index (κ3) is 6.15. The van der Waals surface area contributed by atoms with Gasteiger partial charge in [0.1, 0.15) is 0 Å². The Labute approximate surface area is 203 Å². The minimum Gasteiger partial charge on any atom is -0.356 e. The quantitative estimate of drug-likeness (QED) is 0.408. The summed E-state index contributed by atoms with van der Waals surface area (Å²) in [6.45, 7) is 12.4. The maximum Gasteiger partial charge on any atom is 0.254 e. The summed E-state index contributed by atoms with van der Waals surface area (Å²) in [5.41, 5.74) is 4.93. The summed E-state index contributed by atoms with van der Waals surface area (Å²) in [4.78, 5) is 18.3. The van der Waals surface area contributed by atoms with Crippen LogP contribution in [0.25, 0.3) is 11.3 Å². The van der Waals surface area contributed by atoms with Crippen molar-refractivity contribution < 1.29 is 9.32 Å². The maximum atomic E-state index is 13.6. The second-order valence-electron chi connectivity index (χ2n) is 10.1. The standard InChI is InChI=1S/C29H37N3O2/c1-21(2)13-16-31-17-14-27(15-18-31)32(29(33)26-9-5-22(3)6-10-26)20-24-7-11-25(12-8-24)28-19-23(4)30-34-28/h5-12,19,21,27H,13-18,20H2,1-4H3. The fraction of sp³-hybridized carbons (Fsp3) is 0.448. The molecule has 180 valence electrons. The Bertz CT molecular complexity index is 1060. The van der Waals surface area contributed by atoms with Crippen molar-refractivity contribution in [2.75, 3.05) is 19.6 Å². The summed E-state index contributed by atoms with van der Waals surface area (Å²) in [6, 6.07) is 18.4. The Balaban J connectivity index is 1.49. The number of hydrogen-bond donors (Lipinski definition) is 0. The molecular weight excluding hydrogens is 422 g/mol. The van der Waals surface area contributed by atoms with E-state index in [1.165, 1.54) is 12.0 Å². The van der Waals surface area contributed by atoms with E-state index in [-0.39, 0.29) is 11.9 Å². The van der Waals surface area contributed by atoms with Crippen molar-refractivity contribution >= 4 is 5.91 Å². The highest BCUT2D eigenvalue weighted by atomic mass is 16.5. The van der Waals surface area contributed by atoms with Gasteiger partial charge in [-0.05, 0) is 63.3 Å². The molecule has 5 heteroatoms. The number of aryl methyl sites for hydroxylation is 2. The molecule has 2 aromatic carbocycles. The van der Waals surface area contributed by atoms with Crippen LogP contribution in [0.3, 0.4) is 0 Å². The zero-order chi connectivity index (χ0) is 24.1. The topological polar surface area (TPSA) is 49.6 Å². The van der Waals surface area contributed by atoms with E-state index in [9.17, 15) is 4.79 Å². The molecule has 0 N–H and O–H groups in total.